The molecule has 244 valence electrons. The Morgan fingerprint density at radius 2 is 1.76 bits per heavy atom. The van der Waals surface area contributed by atoms with Gasteiger partial charge in [0.25, 0.3) is 0 Å². The predicted octanol–water partition coefficient (Wildman–Crippen LogP) is 5.74. The number of hydrogen-bond donors (Lipinski definition) is 4. The van der Waals surface area contributed by atoms with Gasteiger partial charge in [0.05, 0.1) is 11.1 Å². The highest BCUT2D eigenvalue weighted by Gasteiger charge is 2.28. The molecule has 2 amide bonds. The van der Waals surface area contributed by atoms with E-state index in [-0.39, 0.29) is 24.9 Å². The predicted molar refractivity (Wildman–Crippen MR) is 172 cm³/mol. The summed E-state index contributed by atoms with van der Waals surface area (Å²) >= 11 is 6.16. The highest BCUT2D eigenvalue weighted by Crippen LogP contribution is 2.26. The summed E-state index contributed by atoms with van der Waals surface area (Å²) in [6.07, 6.45) is 15.2. The van der Waals surface area contributed by atoms with Gasteiger partial charge in [-0.2, -0.15) is 0 Å². The SMILES string of the molecule is O=C(NCc1cnc2[nH]cc(Cl)cc1-2)[C@H](Cc1ccc(F)c(F)c1)NC(=O)[C@@H](CCCCN1CCCCC1)NC1CCCCC1. The number of pyridine rings is 1. The molecule has 0 aromatic heterocycles. The third-order valence-electron chi connectivity index (χ3n) is 9.11. The van der Waals surface area contributed by atoms with Gasteiger partial charge in [-0.25, -0.2) is 13.8 Å². The number of fused-ring (bicyclic) bond motifs is 1. The van der Waals surface area contributed by atoms with Crippen LogP contribution in [0.1, 0.15) is 81.8 Å². The van der Waals surface area contributed by atoms with Gasteiger partial charge in [0.2, 0.25) is 11.8 Å². The number of carbonyl (C=O) groups excluding carboxylic acids is 2. The second-order valence-electron chi connectivity index (χ2n) is 12.5. The third-order valence-corrected chi connectivity index (χ3v) is 9.33. The van der Waals surface area contributed by atoms with E-state index in [1.54, 1.807) is 18.5 Å². The third kappa shape index (κ3) is 9.70. The van der Waals surface area contributed by atoms with Gasteiger partial charge in [0.1, 0.15) is 11.9 Å². The molecular formula is C34H45ClF2N6O2. The molecule has 0 unspecified atom stereocenters. The standard InChI is InChI=1S/C34H45ClF2N6O2/c35-25-19-27-24(20-38-32(27)39-22-25)21-40-33(44)31(18-23-12-13-28(36)29(37)17-23)42-34(45)30(41-26-9-3-1-4-10-26)11-5-8-16-43-14-6-2-7-15-43/h12-13,17,19-20,22,26,30-31,41H,1-11,14-16,18,21H2,(H,38,39)(H,40,44)(H,42,45)/t30-,31+/m1/s1. The number of halogens is 3. The Hall–Kier alpha value is -3.08. The van der Waals surface area contributed by atoms with Crippen LogP contribution >= 0.6 is 11.6 Å². The minimum atomic E-state index is -0.994. The molecule has 1 aliphatic carbocycles. The molecule has 2 atom stereocenters. The number of aromatic amines is 1. The Balaban J connectivity index is 1.26. The molecule has 0 spiro atoms. The molecule has 5 rings (SSSR count). The Labute approximate surface area is 269 Å². The highest BCUT2D eigenvalue weighted by atomic mass is 35.5. The fraction of sp³-hybridized carbons (Fsp3) is 0.559. The molecule has 45 heavy (non-hydrogen) atoms. The number of benzene rings is 1. The number of aromatic nitrogens is 2. The Morgan fingerprint density at radius 1 is 0.978 bits per heavy atom. The lowest BCUT2D eigenvalue weighted by molar-refractivity contribution is -0.130. The van der Waals surface area contributed by atoms with Crippen LogP contribution in [-0.4, -0.2) is 64.4 Å². The zero-order valence-electron chi connectivity index (χ0n) is 25.9. The first-order valence-corrected chi connectivity index (χ1v) is 16.9. The normalized spacial score (nSPS) is 17.7. The Bertz CT molecular complexity index is 1370. The summed E-state index contributed by atoms with van der Waals surface area (Å²) < 4.78 is 27.8. The first-order chi connectivity index (χ1) is 21.9. The van der Waals surface area contributed by atoms with Crippen LogP contribution in [0, 0.1) is 11.6 Å². The topological polar surface area (TPSA) is 102 Å². The molecular weight excluding hydrogens is 598 g/mol. The van der Waals surface area contributed by atoms with Crippen molar-refractivity contribution >= 4 is 23.4 Å². The van der Waals surface area contributed by atoms with E-state index in [0.717, 1.165) is 81.4 Å². The number of amides is 2. The fourth-order valence-electron chi connectivity index (χ4n) is 6.57. The van der Waals surface area contributed by atoms with Crippen molar-refractivity contribution in [3.8, 4) is 11.4 Å². The number of H-pyrrole nitrogens is 1. The first-order valence-electron chi connectivity index (χ1n) is 16.5. The van der Waals surface area contributed by atoms with Gasteiger partial charge in [0, 0.05) is 42.5 Å². The van der Waals surface area contributed by atoms with Gasteiger partial charge >= 0.3 is 0 Å². The second kappa shape index (κ2) is 16.5. The average molecular weight is 643 g/mol. The summed E-state index contributed by atoms with van der Waals surface area (Å²) in [4.78, 5) is 37.3. The van der Waals surface area contributed by atoms with Crippen molar-refractivity contribution in [3.05, 3.63) is 64.4 Å². The van der Waals surface area contributed by atoms with Crippen LogP contribution in [0.3, 0.4) is 0 Å². The summed E-state index contributed by atoms with van der Waals surface area (Å²) in [6, 6.07) is 4.15. The molecule has 1 saturated heterocycles. The average Bonchev–Trinajstić information content (AvgIpc) is 3.45. The van der Waals surface area contributed by atoms with Crippen LogP contribution in [0.4, 0.5) is 8.78 Å². The first kappa shape index (κ1) is 33.3. The van der Waals surface area contributed by atoms with E-state index in [1.165, 1.54) is 31.7 Å². The van der Waals surface area contributed by atoms with Crippen molar-refractivity contribution in [1.82, 2.24) is 30.8 Å². The molecule has 1 aromatic carbocycles. The van der Waals surface area contributed by atoms with E-state index in [4.69, 9.17) is 11.6 Å². The smallest absolute Gasteiger partial charge is 0.243 e. The number of nitrogens with zero attached hydrogens (tertiary/aromatic N) is 2. The van der Waals surface area contributed by atoms with Gasteiger partial charge in [-0.3, -0.25) is 9.59 Å². The van der Waals surface area contributed by atoms with Gasteiger partial charge in [-0.1, -0.05) is 49.8 Å². The van der Waals surface area contributed by atoms with Gasteiger partial charge in [-0.05, 0) is 81.9 Å². The lowest BCUT2D eigenvalue weighted by atomic mass is 9.94. The van der Waals surface area contributed by atoms with Gasteiger partial charge in [-0.15, -0.1) is 0 Å². The minimum absolute atomic E-state index is 0.0134. The van der Waals surface area contributed by atoms with Crippen molar-refractivity contribution < 1.29 is 18.4 Å². The van der Waals surface area contributed by atoms with E-state index in [0.29, 0.717) is 22.8 Å². The Kier molecular flexibility index (Phi) is 12.2. The number of hydrogen-bond acceptors (Lipinski definition) is 5. The lowest BCUT2D eigenvalue weighted by Crippen LogP contribution is -2.55. The maximum Gasteiger partial charge on any atom is 0.243 e. The molecule has 1 saturated carbocycles. The van der Waals surface area contributed by atoms with Crippen LogP contribution in [0.2, 0.25) is 5.02 Å². The van der Waals surface area contributed by atoms with Crippen molar-refractivity contribution in [2.24, 2.45) is 0 Å². The van der Waals surface area contributed by atoms with E-state index in [1.807, 2.05) is 0 Å². The second-order valence-corrected chi connectivity index (χ2v) is 13.0. The molecule has 4 aliphatic rings. The summed E-state index contributed by atoms with van der Waals surface area (Å²) in [5.74, 6) is -1.98. The summed E-state index contributed by atoms with van der Waals surface area (Å²) in [5, 5.41) is 10.0. The zero-order valence-corrected chi connectivity index (χ0v) is 26.6. The van der Waals surface area contributed by atoms with E-state index in [9.17, 15) is 18.4 Å². The molecule has 0 radical (unpaired) electrons. The highest BCUT2D eigenvalue weighted by molar-refractivity contribution is 6.30. The van der Waals surface area contributed by atoms with Crippen LogP contribution in [0.25, 0.3) is 11.4 Å². The molecule has 0 bridgehead atoms. The summed E-state index contributed by atoms with van der Waals surface area (Å²) in [5.41, 5.74) is 1.96. The number of likely N-dealkylation sites (tertiary alicyclic amines) is 1. The number of carbonyl (C=O) groups is 2. The minimum Gasteiger partial charge on any atom is -0.350 e. The quantitative estimate of drug-likeness (QED) is 0.168. The summed E-state index contributed by atoms with van der Waals surface area (Å²) in [7, 11) is 0. The molecule has 3 heterocycles. The maximum atomic E-state index is 14.1. The van der Waals surface area contributed by atoms with Gasteiger partial charge < -0.3 is 25.8 Å². The molecule has 1 aromatic rings. The van der Waals surface area contributed by atoms with Crippen molar-refractivity contribution in [2.45, 2.75) is 102 Å². The number of nitrogens with one attached hydrogen (secondary N) is 4. The van der Waals surface area contributed by atoms with Crippen LogP contribution < -0.4 is 16.0 Å². The van der Waals surface area contributed by atoms with Crippen molar-refractivity contribution in [2.75, 3.05) is 19.6 Å². The van der Waals surface area contributed by atoms with E-state index >= 15 is 0 Å². The van der Waals surface area contributed by atoms with Crippen LogP contribution in [0.5, 0.6) is 0 Å². The monoisotopic (exact) mass is 642 g/mol. The van der Waals surface area contributed by atoms with E-state index < -0.39 is 29.6 Å². The van der Waals surface area contributed by atoms with E-state index in [2.05, 4.69) is 30.8 Å². The number of unbranched alkanes of at least 4 members (excludes halogenated alkanes) is 1. The molecule has 11 heteroatoms. The fourth-order valence-corrected chi connectivity index (χ4v) is 6.73. The van der Waals surface area contributed by atoms with Crippen LogP contribution in [-0.2, 0) is 22.6 Å². The largest absolute Gasteiger partial charge is 0.350 e. The van der Waals surface area contributed by atoms with Crippen molar-refractivity contribution in [1.29, 1.82) is 0 Å². The van der Waals surface area contributed by atoms with Gasteiger partial charge in [0.15, 0.2) is 11.6 Å². The molecule has 2 fully saturated rings. The molecule has 8 nitrogen and oxygen atoms in total. The summed E-state index contributed by atoms with van der Waals surface area (Å²) in [6.45, 7) is 3.49. The van der Waals surface area contributed by atoms with Crippen LogP contribution in [0.15, 0.2) is 36.7 Å². The van der Waals surface area contributed by atoms with Crippen molar-refractivity contribution in [3.63, 3.8) is 0 Å². The lowest BCUT2D eigenvalue weighted by Gasteiger charge is -2.30. The molecule has 3 aliphatic heterocycles. The Morgan fingerprint density at radius 3 is 2.53 bits per heavy atom. The zero-order chi connectivity index (χ0) is 31.6. The molecule has 4 N–H and O–H groups in total. The number of rotatable bonds is 14. The number of piperidine rings is 1. The maximum absolute atomic E-state index is 14.1.